The Balaban J connectivity index is 2.94. The van der Waals surface area contributed by atoms with Gasteiger partial charge in [-0.15, -0.1) is 0 Å². The monoisotopic (exact) mass is 330 g/mol. The highest BCUT2D eigenvalue weighted by atomic mass is 32.2. The highest BCUT2D eigenvalue weighted by Gasteiger charge is 2.25. The molecule has 9 nitrogen and oxygen atoms in total. The van der Waals surface area contributed by atoms with Crippen molar-refractivity contribution < 1.29 is 33.0 Å². The van der Waals surface area contributed by atoms with Crippen LogP contribution in [0.4, 0.5) is 0 Å². The standard InChI is InChI=1S/C12H14N2O7S/c13-10(15)6-5-9(12(18)19)14-22(20,21)8-3-1-7(2-4-8)11(16)17/h1-4,9,14H,5-6H2,(H2,13,15)(H,16,17)(H,18,19)/t9-/m0/s1. The number of carbonyl (C=O) groups excluding carboxylic acids is 1. The Labute approximate surface area is 125 Å². The maximum absolute atomic E-state index is 12.0. The molecule has 10 heteroatoms. The molecule has 22 heavy (non-hydrogen) atoms. The highest BCUT2D eigenvalue weighted by Crippen LogP contribution is 2.12. The molecular formula is C12H14N2O7S. The predicted molar refractivity (Wildman–Crippen MR) is 73.6 cm³/mol. The Morgan fingerprint density at radius 2 is 1.68 bits per heavy atom. The van der Waals surface area contributed by atoms with Crippen molar-refractivity contribution in [3.63, 3.8) is 0 Å². The summed E-state index contributed by atoms with van der Waals surface area (Å²) in [5.74, 6) is -3.43. The molecular weight excluding hydrogens is 316 g/mol. The topological polar surface area (TPSA) is 164 Å². The second-order valence-electron chi connectivity index (χ2n) is 4.35. The smallest absolute Gasteiger partial charge is 0.335 e. The van der Waals surface area contributed by atoms with E-state index in [1.807, 2.05) is 4.72 Å². The largest absolute Gasteiger partial charge is 0.480 e. The van der Waals surface area contributed by atoms with Gasteiger partial charge in [-0.05, 0) is 30.7 Å². The summed E-state index contributed by atoms with van der Waals surface area (Å²) < 4.78 is 26.0. The molecule has 5 N–H and O–H groups in total. The van der Waals surface area contributed by atoms with Crippen molar-refractivity contribution in [1.82, 2.24) is 4.72 Å². The summed E-state index contributed by atoms with van der Waals surface area (Å²) in [5.41, 5.74) is 4.79. The third-order valence-corrected chi connectivity index (χ3v) is 4.17. The van der Waals surface area contributed by atoms with E-state index >= 15 is 0 Å². The van der Waals surface area contributed by atoms with Gasteiger partial charge in [-0.25, -0.2) is 13.2 Å². The molecule has 120 valence electrons. The summed E-state index contributed by atoms with van der Waals surface area (Å²) in [4.78, 5) is 32.1. The molecule has 0 bridgehead atoms. The number of carboxylic acid groups (broad SMARTS) is 2. The first-order valence-electron chi connectivity index (χ1n) is 6.00. The quantitative estimate of drug-likeness (QED) is 0.493. The molecule has 1 rings (SSSR count). The van der Waals surface area contributed by atoms with Gasteiger partial charge in [-0.2, -0.15) is 4.72 Å². The summed E-state index contributed by atoms with van der Waals surface area (Å²) >= 11 is 0. The fourth-order valence-corrected chi connectivity index (χ4v) is 2.78. The second-order valence-corrected chi connectivity index (χ2v) is 6.06. The number of aliphatic carboxylic acids is 1. The van der Waals surface area contributed by atoms with Gasteiger partial charge in [-0.3, -0.25) is 9.59 Å². The summed E-state index contributed by atoms with van der Waals surface area (Å²) in [6, 6.07) is 2.72. The lowest BCUT2D eigenvalue weighted by Gasteiger charge is -2.14. The molecule has 0 spiro atoms. The van der Waals surface area contributed by atoms with E-state index in [0.29, 0.717) is 0 Å². The number of aromatic carboxylic acids is 1. The van der Waals surface area contributed by atoms with Gasteiger partial charge in [0.05, 0.1) is 10.5 Å². The maximum atomic E-state index is 12.0. The minimum Gasteiger partial charge on any atom is -0.480 e. The van der Waals surface area contributed by atoms with Gasteiger partial charge in [0.2, 0.25) is 15.9 Å². The van der Waals surface area contributed by atoms with Crippen molar-refractivity contribution in [3.05, 3.63) is 29.8 Å². The normalized spacial score (nSPS) is 12.5. The summed E-state index contributed by atoms with van der Waals surface area (Å²) in [5, 5.41) is 17.7. The number of amides is 1. The van der Waals surface area contributed by atoms with Gasteiger partial charge in [0, 0.05) is 6.42 Å². The van der Waals surface area contributed by atoms with E-state index in [4.69, 9.17) is 15.9 Å². The number of benzene rings is 1. The van der Waals surface area contributed by atoms with Crippen LogP contribution >= 0.6 is 0 Å². The summed E-state index contributed by atoms with van der Waals surface area (Å²) in [6.45, 7) is 0. The van der Waals surface area contributed by atoms with Crippen molar-refractivity contribution >= 4 is 27.9 Å². The van der Waals surface area contributed by atoms with Crippen molar-refractivity contribution in [2.75, 3.05) is 0 Å². The van der Waals surface area contributed by atoms with Gasteiger partial charge >= 0.3 is 11.9 Å². The Hall–Kier alpha value is -2.46. The fourth-order valence-electron chi connectivity index (χ4n) is 1.55. The molecule has 0 aliphatic rings. The molecule has 0 fully saturated rings. The first-order chi connectivity index (χ1) is 10.1. The Kier molecular flexibility index (Phi) is 5.60. The van der Waals surface area contributed by atoms with Crippen LogP contribution in [0.3, 0.4) is 0 Å². The molecule has 1 atom stereocenters. The van der Waals surface area contributed by atoms with Crippen molar-refractivity contribution in [2.45, 2.75) is 23.8 Å². The fraction of sp³-hybridized carbons (Fsp3) is 0.250. The van der Waals surface area contributed by atoms with Gasteiger partial charge in [0.15, 0.2) is 0 Å². The maximum Gasteiger partial charge on any atom is 0.335 e. The van der Waals surface area contributed by atoms with E-state index in [9.17, 15) is 22.8 Å². The highest BCUT2D eigenvalue weighted by molar-refractivity contribution is 7.89. The molecule has 0 unspecified atom stereocenters. The Morgan fingerprint density at radius 3 is 2.09 bits per heavy atom. The van der Waals surface area contributed by atoms with Crippen LogP contribution in [-0.4, -0.2) is 42.5 Å². The van der Waals surface area contributed by atoms with E-state index in [0.717, 1.165) is 24.3 Å². The average Bonchev–Trinajstić information content (AvgIpc) is 2.43. The number of nitrogens with one attached hydrogen (secondary N) is 1. The van der Waals surface area contributed by atoms with Crippen LogP contribution in [0.15, 0.2) is 29.2 Å². The van der Waals surface area contributed by atoms with Crippen molar-refractivity contribution in [1.29, 1.82) is 0 Å². The van der Waals surface area contributed by atoms with Crippen LogP contribution in [0.2, 0.25) is 0 Å². The van der Waals surface area contributed by atoms with Crippen LogP contribution < -0.4 is 10.5 Å². The molecule has 0 aliphatic carbocycles. The van der Waals surface area contributed by atoms with Crippen LogP contribution in [0.25, 0.3) is 0 Å². The lowest BCUT2D eigenvalue weighted by molar-refractivity contribution is -0.139. The SMILES string of the molecule is NC(=O)CC[C@H](NS(=O)(=O)c1ccc(C(=O)O)cc1)C(=O)O. The zero-order chi connectivity index (χ0) is 16.9. The third kappa shape index (κ3) is 4.82. The number of sulfonamides is 1. The average molecular weight is 330 g/mol. The van der Waals surface area contributed by atoms with Crippen LogP contribution in [0.5, 0.6) is 0 Å². The molecule has 1 aromatic carbocycles. The van der Waals surface area contributed by atoms with Crippen LogP contribution in [0.1, 0.15) is 23.2 Å². The number of carboxylic acids is 2. The zero-order valence-electron chi connectivity index (χ0n) is 11.2. The molecule has 1 amide bonds. The second kappa shape index (κ2) is 7.00. The predicted octanol–water partition coefficient (Wildman–Crippen LogP) is -0.618. The number of rotatable bonds is 8. The van der Waals surface area contributed by atoms with Crippen LogP contribution in [-0.2, 0) is 19.6 Å². The minimum atomic E-state index is -4.17. The van der Waals surface area contributed by atoms with E-state index in [1.54, 1.807) is 0 Å². The first-order valence-corrected chi connectivity index (χ1v) is 7.48. The van der Waals surface area contributed by atoms with E-state index in [2.05, 4.69) is 0 Å². The number of hydrogen-bond donors (Lipinski definition) is 4. The van der Waals surface area contributed by atoms with Crippen molar-refractivity contribution in [3.8, 4) is 0 Å². The van der Waals surface area contributed by atoms with Gasteiger partial charge in [0.1, 0.15) is 6.04 Å². The summed E-state index contributed by atoms with van der Waals surface area (Å²) in [6.07, 6.45) is -0.589. The number of primary amides is 1. The zero-order valence-corrected chi connectivity index (χ0v) is 12.0. The molecule has 0 saturated carbocycles. The minimum absolute atomic E-state index is 0.109. The lowest BCUT2D eigenvalue weighted by Crippen LogP contribution is -2.41. The third-order valence-electron chi connectivity index (χ3n) is 2.69. The molecule has 0 saturated heterocycles. The Bertz CT molecular complexity index is 682. The molecule has 0 aromatic heterocycles. The van der Waals surface area contributed by atoms with E-state index < -0.39 is 33.9 Å². The number of nitrogens with two attached hydrogens (primary N) is 1. The van der Waals surface area contributed by atoms with Gasteiger partial charge < -0.3 is 15.9 Å². The van der Waals surface area contributed by atoms with Crippen LogP contribution in [0, 0.1) is 0 Å². The van der Waals surface area contributed by atoms with Crippen molar-refractivity contribution in [2.24, 2.45) is 5.73 Å². The summed E-state index contributed by atoms with van der Waals surface area (Å²) in [7, 11) is -4.17. The lowest BCUT2D eigenvalue weighted by atomic mass is 10.2. The number of hydrogen-bond acceptors (Lipinski definition) is 5. The van der Waals surface area contributed by atoms with Gasteiger partial charge in [0.25, 0.3) is 0 Å². The Morgan fingerprint density at radius 1 is 1.14 bits per heavy atom. The van der Waals surface area contributed by atoms with Gasteiger partial charge in [-0.1, -0.05) is 0 Å². The van der Waals surface area contributed by atoms with E-state index in [-0.39, 0.29) is 23.3 Å². The molecule has 0 aliphatic heterocycles. The molecule has 1 aromatic rings. The molecule has 0 radical (unpaired) electrons. The first kappa shape index (κ1) is 17.6. The number of carbonyl (C=O) groups is 3. The van der Waals surface area contributed by atoms with E-state index in [1.165, 1.54) is 0 Å². The molecule has 0 heterocycles.